The topological polar surface area (TPSA) is 132 Å². The average molecular weight is 293 g/mol. The van der Waals surface area contributed by atoms with Crippen LogP contribution in [0.15, 0.2) is 0 Å². The van der Waals surface area contributed by atoms with Gasteiger partial charge in [-0.3, -0.25) is 18.9 Å². The van der Waals surface area contributed by atoms with Gasteiger partial charge in [0.15, 0.2) is 0 Å². The molecule has 0 aromatic rings. The Balaban J connectivity index is 2.65. The minimum absolute atomic E-state index is 0.237. The summed E-state index contributed by atoms with van der Waals surface area (Å²) in [5.74, 6) is -4.43. The van der Waals surface area contributed by atoms with Crippen LogP contribution in [0.4, 0.5) is 0 Å². The molecule has 108 valence electrons. The molecule has 0 saturated carbocycles. The first kappa shape index (κ1) is 15.7. The molecule has 1 aliphatic heterocycles. The molecule has 1 fully saturated rings. The molecule has 1 rings (SSSR count). The van der Waals surface area contributed by atoms with Crippen molar-refractivity contribution in [1.82, 2.24) is 4.90 Å². The molecule has 0 aromatic carbocycles. The van der Waals surface area contributed by atoms with Crippen LogP contribution >= 0.6 is 7.37 Å². The molecule has 9 heteroatoms. The Kier molecular flexibility index (Phi) is 5.08. The highest BCUT2D eigenvalue weighted by Crippen LogP contribution is 2.44. The standard InChI is InChI=1S/C10H16NO7P/c12-8-2-1-3-11(8)6-19(17,18)5-7(10(15)16)4-9(13)14/h7H,1-6H2,(H,13,14)(H,15,16)(H,17,18). The van der Waals surface area contributed by atoms with Crippen LogP contribution in [0.3, 0.4) is 0 Å². The van der Waals surface area contributed by atoms with Gasteiger partial charge in [0.25, 0.3) is 0 Å². The molecule has 8 nitrogen and oxygen atoms in total. The number of carbonyl (C=O) groups excluding carboxylic acids is 1. The largest absolute Gasteiger partial charge is 0.481 e. The van der Waals surface area contributed by atoms with Gasteiger partial charge in [-0.15, -0.1) is 0 Å². The summed E-state index contributed by atoms with van der Waals surface area (Å²) >= 11 is 0. The van der Waals surface area contributed by atoms with Gasteiger partial charge in [-0.2, -0.15) is 0 Å². The number of carboxylic acid groups (broad SMARTS) is 2. The number of nitrogens with zero attached hydrogens (tertiary/aromatic N) is 1. The molecule has 0 radical (unpaired) electrons. The van der Waals surface area contributed by atoms with E-state index in [-0.39, 0.29) is 5.91 Å². The average Bonchev–Trinajstić information content (AvgIpc) is 2.61. The molecule has 0 spiro atoms. The number of aliphatic carboxylic acids is 2. The second kappa shape index (κ2) is 6.16. The summed E-state index contributed by atoms with van der Waals surface area (Å²) in [5, 5.41) is 17.4. The van der Waals surface area contributed by atoms with Gasteiger partial charge < -0.3 is 20.0 Å². The van der Waals surface area contributed by atoms with E-state index in [9.17, 15) is 23.8 Å². The number of carboxylic acids is 2. The Hall–Kier alpha value is -1.40. The maximum atomic E-state index is 11.9. The van der Waals surface area contributed by atoms with Gasteiger partial charge in [0.05, 0.1) is 18.6 Å². The van der Waals surface area contributed by atoms with E-state index in [2.05, 4.69) is 0 Å². The Morgan fingerprint density at radius 1 is 1.37 bits per heavy atom. The van der Waals surface area contributed by atoms with Crippen molar-refractivity contribution in [3.8, 4) is 0 Å². The van der Waals surface area contributed by atoms with Gasteiger partial charge in [-0.05, 0) is 6.42 Å². The molecule has 2 atom stereocenters. The lowest BCUT2D eigenvalue weighted by molar-refractivity contribution is -0.147. The monoisotopic (exact) mass is 293 g/mol. The fraction of sp³-hybridized carbons (Fsp3) is 0.700. The fourth-order valence-corrected chi connectivity index (χ4v) is 3.89. The molecule has 3 N–H and O–H groups in total. The Morgan fingerprint density at radius 3 is 2.42 bits per heavy atom. The van der Waals surface area contributed by atoms with Gasteiger partial charge in [0, 0.05) is 19.1 Å². The van der Waals surface area contributed by atoms with Crippen LogP contribution in [0.5, 0.6) is 0 Å². The zero-order chi connectivity index (χ0) is 14.6. The number of hydrogen-bond acceptors (Lipinski definition) is 4. The van der Waals surface area contributed by atoms with E-state index in [1.807, 2.05) is 0 Å². The summed E-state index contributed by atoms with van der Waals surface area (Å²) < 4.78 is 11.9. The second-order valence-corrected chi connectivity index (χ2v) is 6.90. The lowest BCUT2D eigenvalue weighted by Gasteiger charge is -2.21. The number of rotatable bonds is 7. The summed E-state index contributed by atoms with van der Waals surface area (Å²) in [5.41, 5.74) is 0. The molecule has 0 bridgehead atoms. The van der Waals surface area contributed by atoms with Crippen LogP contribution in [-0.2, 0) is 18.9 Å². The van der Waals surface area contributed by atoms with Crippen molar-refractivity contribution in [2.24, 2.45) is 5.92 Å². The van der Waals surface area contributed by atoms with Crippen molar-refractivity contribution in [2.45, 2.75) is 19.3 Å². The lowest BCUT2D eigenvalue weighted by Crippen LogP contribution is -2.29. The van der Waals surface area contributed by atoms with Crippen molar-refractivity contribution < 1.29 is 34.1 Å². The zero-order valence-electron chi connectivity index (χ0n) is 10.2. The summed E-state index contributed by atoms with van der Waals surface area (Å²) in [6, 6.07) is 0. The summed E-state index contributed by atoms with van der Waals surface area (Å²) in [6.45, 7) is 0.375. The fourth-order valence-electron chi connectivity index (χ4n) is 1.96. The smallest absolute Gasteiger partial charge is 0.307 e. The molecular formula is C10H16NO7P. The van der Waals surface area contributed by atoms with Crippen LogP contribution in [-0.4, -0.2) is 56.8 Å². The first-order chi connectivity index (χ1) is 8.71. The number of hydrogen-bond donors (Lipinski definition) is 3. The summed E-state index contributed by atoms with van der Waals surface area (Å²) in [4.78, 5) is 43.6. The minimum Gasteiger partial charge on any atom is -0.481 e. The van der Waals surface area contributed by atoms with Crippen molar-refractivity contribution in [1.29, 1.82) is 0 Å². The van der Waals surface area contributed by atoms with Gasteiger partial charge in [0.1, 0.15) is 0 Å². The van der Waals surface area contributed by atoms with Gasteiger partial charge in [-0.1, -0.05) is 0 Å². The van der Waals surface area contributed by atoms with E-state index in [1.165, 1.54) is 4.90 Å². The number of carbonyl (C=O) groups is 3. The van der Waals surface area contributed by atoms with Crippen molar-refractivity contribution in [3.63, 3.8) is 0 Å². The normalized spacial score (nSPS) is 20.1. The van der Waals surface area contributed by atoms with Crippen LogP contribution in [0.1, 0.15) is 19.3 Å². The highest BCUT2D eigenvalue weighted by atomic mass is 31.2. The number of amides is 1. The molecule has 1 saturated heterocycles. The van der Waals surface area contributed by atoms with E-state index >= 15 is 0 Å². The maximum Gasteiger partial charge on any atom is 0.307 e. The van der Waals surface area contributed by atoms with Crippen LogP contribution in [0.25, 0.3) is 0 Å². The van der Waals surface area contributed by atoms with E-state index in [4.69, 9.17) is 10.2 Å². The molecule has 1 amide bonds. The van der Waals surface area contributed by atoms with Gasteiger partial charge in [-0.25, -0.2) is 0 Å². The predicted octanol–water partition coefficient (Wildman–Crippen LogP) is 0.0122. The predicted molar refractivity (Wildman–Crippen MR) is 63.9 cm³/mol. The molecule has 1 heterocycles. The zero-order valence-corrected chi connectivity index (χ0v) is 11.1. The van der Waals surface area contributed by atoms with E-state index < -0.39 is 44.1 Å². The summed E-state index contributed by atoms with van der Waals surface area (Å²) in [7, 11) is -3.88. The quantitative estimate of drug-likeness (QED) is 0.563. The highest BCUT2D eigenvalue weighted by Gasteiger charge is 2.34. The van der Waals surface area contributed by atoms with Crippen molar-refractivity contribution in [2.75, 3.05) is 19.0 Å². The van der Waals surface area contributed by atoms with Gasteiger partial charge >= 0.3 is 11.9 Å². The minimum atomic E-state index is -3.88. The highest BCUT2D eigenvalue weighted by molar-refractivity contribution is 7.58. The Labute approximate surface area is 109 Å². The maximum absolute atomic E-state index is 11.9. The molecule has 19 heavy (non-hydrogen) atoms. The van der Waals surface area contributed by atoms with Crippen molar-refractivity contribution in [3.05, 3.63) is 0 Å². The lowest BCUT2D eigenvalue weighted by atomic mass is 10.1. The molecule has 0 aromatic heterocycles. The third kappa shape index (κ3) is 5.00. The van der Waals surface area contributed by atoms with Crippen LogP contribution in [0, 0.1) is 5.92 Å². The number of likely N-dealkylation sites (tertiary alicyclic amines) is 1. The van der Waals surface area contributed by atoms with Crippen molar-refractivity contribution >= 4 is 25.2 Å². The third-order valence-electron chi connectivity index (χ3n) is 2.84. The molecule has 0 aliphatic carbocycles. The first-order valence-corrected chi connectivity index (χ1v) is 7.77. The van der Waals surface area contributed by atoms with Gasteiger partial charge in [0.2, 0.25) is 13.3 Å². The van der Waals surface area contributed by atoms with E-state index in [0.29, 0.717) is 19.4 Å². The SMILES string of the molecule is O=C(O)CC(CP(=O)(O)CN1CCCC1=O)C(=O)O. The molecule has 1 aliphatic rings. The molecule has 2 unspecified atom stereocenters. The Morgan fingerprint density at radius 2 is 2.00 bits per heavy atom. The Bertz CT molecular complexity index is 436. The van der Waals surface area contributed by atoms with E-state index in [1.54, 1.807) is 0 Å². The second-order valence-electron chi connectivity index (χ2n) is 4.56. The summed E-state index contributed by atoms with van der Waals surface area (Å²) in [6.07, 6.45) is -0.838. The molecular weight excluding hydrogens is 277 g/mol. The van der Waals surface area contributed by atoms with Crippen LogP contribution in [0.2, 0.25) is 0 Å². The third-order valence-corrected chi connectivity index (χ3v) is 4.63. The van der Waals surface area contributed by atoms with Crippen LogP contribution < -0.4 is 0 Å². The van der Waals surface area contributed by atoms with E-state index in [0.717, 1.165) is 0 Å². The first-order valence-electron chi connectivity index (χ1n) is 5.74.